The molecule has 0 spiro atoms. The van der Waals surface area contributed by atoms with Crippen molar-refractivity contribution in [2.75, 3.05) is 32.8 Å². The fourth-order valence-corrected chi connectivity index (χ4v) is 2.94. The van der Waals surface area contributed by atoms with Gasteiger partial charge >= 0.3 is 0 Å². The molecule has 1 atom stereocenters. The number of rotatable bonds is 8. The first kappa shape index (κ1) is 21.2. The summed E-state index contributed by atoms with van der Waals surface area (Å²) in [5, 5.41) is 0. The van der Waals surface area contributed by atoms with Gasteiger partial charge in [-0.3, -0.25) is 4.99 Å². The average molecular weight is 445 g/mol. The minimum Gasteiger partial charge on any atom is -0.381 e. The van der Waals surface area contributed by atoms with Crippen molar-refractivity contribution in [3.8, 4) is 0 Å². The number of piperidine rings is 1. The fraction of sp³-hybridized carbons (Fsp3) is 0.632. The number of nitrogens with zero attached hydrogens (tertiary/aromatic N) is 2. The molecule has 0 aliphatic carbocycles. The van der Waals surface area contributed by atoms with Gasteiger partial charge < -0.3 is 15.4 Å². The fourth-order valence-electron chi connectivity index (χ4n) is 2.94. The minimum atomic E-state index is 0. The molecule has 1 aromatic carbocycles. The number of guanidine groups is 1. The lowest BCUT2D eigenvalue weighted by Crippen LogP contribution is -2.43. The Morgan fingerprint density at radius 2 is 2.04 bits per heavy atom. The standard InChI is InChI=1S/C19H31N3O.HI/c1-17-8-7-13-22(16-17)19(20)21-12-5-6-14-23-15-11-18-9-3-2-4-10-18;/h2-4,9-10,17H,5-8,11-16H2,1H3,(H2,20,21);1H. The highest BCUT2D eigenvalue weighted by atomic mass is 127. The zero-order chi connectivity index (χ0) is 16.3. The van der Waals surface area contributed by atoms with Gasteiger partial charge in [-0.1, -0.05) is 37.3 Å². The molecule has 0 aromatic heterocycles. The van der Waals surface area contributed by atoms with E-state index in [2.05, 4.69) is 41.1 Å². The molecule has 5 heteroatoms. The van der Waals surface area contributed by atoms with E-state index in [1.54, 1.807) is 0 Å². The van der Waals surface area contributed by atoms with Gasteiger partial charge in [-0.15, -0.1) is 24.0 Å². The molecule has 0 bridgehead atoms. The number of ether oxygens (including phenoxy) is 1. The highest BCUT2D eigenvalue weighted by molar-refractivity contribution is 14.0. The van der Waals surface area contributed by atoms with Gasteiger partial charge in [0.05, 0.1) is 6.61 Å². The van der Waals surface area contributed by atoms with E-state index in [1.165, 1.54) is 18.4 Å². The lowest BCUT2D eigenvalue weighted by molar-refractivity contribution is 0.134. The Bertz CT molecular complexity index is 467. The largest absolute Gasteiger partial charge is 0.381 e. The Hall–Kier alpha value is -0.820. The molecule has 1 aliphatic heterocycles. The molecule has 0 radical (unpaired) electrons. The van der Waals surface area contributed by atoms with Crippen LogP contribution in [0.15, 0.2) is 35.3 Å². The number of likely N-dealkylation sites (tertiary alicyclic amines) is 1. The van der Waals surface area contributed by atoms with Crippen LogP contribution in [0.4, 0.5) is 0 Å². The number of hydrogen-bond donors (Lipinski definition) is 1. The van der Waals surface area contributed by atoms with Gasteiger partial charge in [0, 0.05) is 26.2 Å². The highest BCUT2D eigenvalue weighted by Crippen LogP contribution is 2.14. The monoisotopic (exact) mass is 445 g/mol. The topological polar surface area (TPSA) is 50.8 Å². The molecule has 136 valence electrons. The van der Waals surface area contributed by atoms with Gasteiger partial charge in [0.15, 0.2) is 5.96 Å². The SMILES string of the molecule is CC1CCCN(C(N)=NCCCCOCCc2ccccc2)C1.I. The number of hydrogen-bond acceptors (Lipinski definition) is 2. The third-order valence-corrected chi connectivity index (χ3v) is 4.33. The smallest absolute Gasteiger partial charge is 0.191 e. The summed E-state index contributed by atoms with van der Waals surface area (Å²) in [6.45, 7) is 6.80. The van der Waals surface area contributed by atoms with E-state index in [0.29, 0.717) is 0 Å². The third kappa shape index (κ3) is 8.33. The lowest BCUT2D eigenvalue weighted by Gasteiger charge is -2.31. The van der Waals surface area contributed by atoms with Crippen LogP contribution < -0.4 is 5.73 Å². The summed E-state index contributed by atoms with van der Waals surface area (Å²) in [6, 6.07) is 10.5. The Morgan fingerprint density at radius 1 is 1.25 bits per heavy atom. The second-order valence-corrected chi connectivity index (χ2v) is 6.49. The average Bonchev–Trinajstić information content (AvgIpc) is 2.58. The number of aliphatic imine (C=N–C) groups is 1. The first-order valence-corrected chi connectivity index (χ1v) is 8.92. The van der Waals surface area contributed by atoms with Crippen molar-refractivity contribution in [3.05, 3.63) is 35.9 Å². The van der Waals surface area contributed by atoms with Crippen LogP contribution in [0.1, 0.15) is 38.2 Å². The van der Waals surface area contributed by atoms with E-state index in [4.69, 9.17) is 10.5 Å². The molecule has 0 saturated carbocycles. The minimum absolute atomic E-state index is 0. The Balaban J connectivity index is 0.00000288. The Kier molecular flexibility index (Phi) is 11.1. The summed E-state index contributed by atoms with van der Waals surface area (Å²) in [5.41, 5.74) is 7.42. The predicted octanol–water partition coefficient (Wildman–Crippen LogP) is 3.69. The zero-order valence-corrected chi connectivity index (χ0v) is 17.2. The summed E-state index contributed by atoms with van der Waals surface area (Å²) in [4.78, 5) is 6.74. The summed E-state index contributed by atoms with van der Waals surface area (Å²) < 4.78 is 5.68. The van der Waals surface area contributed by atoms with E-state index in [0.717, 1.165) is 64.0 Å². The quantitative estimate of drug-likeness (QED) is 0.288. The molecule has 2 rings (SSSR count). The zero-order valence-electron chi connectivity index (χ0n) is 14.8. The Labute approximate surface area is 163 Å². The first-order valence-electron chi connectivity index (χ1n) is 8.92. The molecule has 1 heterocycles. The van der Waals surface area contributed by atoms with Crippen LogP contribution in [-0.4, -0.2) is 43.7 Å². The molecule has 1 saturated heterocycles. The maximum absolute atomic E-state index is 6.08. The second kappa shape index (κ2) is 12.5. The van der Waals surface area contributed by atoms with Crippen LogP contribution >= 0.6 is 24.0 Å². The second-order valence-electron chi connectivity index (χ2n) is 6.49. The van der Waals surface area contributed by atoms with Gasteiger partial charge in [0.1, 0.15) is 0 Å². The maximum Gasteiger partial charge on any atom is 0.191 e. The molecule has 1 unspecified atom stereocenters. The van der Waals surface area contributed by atoms with Gasteiger partial charge in [-0.2, -0.15) is 0 Å². The molecule has 2 N–H and O–H groups in total. The highest BCUT2D eigenvalue weighted by Gasteiger charge is 2.17. The van der Waals surface area contributed by atoms with Crippen molar-refractivity contribution in [2.45, 2.75) is 39.0 Å². The van der Waals surface area contributed by atoms with Gasteiger partial charge in [0.25, 0.3) is 0 Å². The molecule has 4 nitrogen and oxygen atoms in total. The van der Waals surface area contributed by atoms with Crippen molar-refractivity contribution < 1.29 is 4.74 Å². The number of nitrogens with two attached hydrogens (primary N) is 1. The van der Waals surface area contributed by atoms with Crippen LogP contribution in [-0.2, 0) is 11.2 Å². The van der Waals surface area contributed by atoms with E-state index in [1.807, 2.05) is 6.07 Å². The van der Waals surface area contributed by atoms with Crippen LogP contribution in [0.3, 0.4) is 0 Å². The molecule has 24 heavy (non-hydrogen) atoms. The summed E-state index contributed by atoms with van der Waals surface area (Å²) in [5.74, 6) is 1.46. The summed E-state index contributed by atoms with van der Waals surface area (Å²) in [7, 11) is 0. The van der Waals surface area contributed by atoms with Gasteiger partial charge in [-0.25, -0.2) is 0 Å². The normalized spacial score (nSPS) is 18.3. The van der Waals surface area contributed by atoms with E-state index < -0.39 is 0 Å². The van der Waals surface area contributed by atoms with Crippen molar-refractivity contribution in [3.63, 3.8) is 0 Å². The summed E-state index contributed by atoms with van der Waals surface area (Å²) in [6.07, 6.45) is 5.60. The maximum atomic E-state index is 6.08. The van der Waals surface area contributed by atoms with Crippen LogP contribution in [0.25, 0.3) is 0 Å². The van der Waals surface area contributed by atoms with Crippen molar-refractivity contribution in [2.24, 2.45) is 16.6 Å². The van der Waals surface area contributed by atoms with E-state index in [-0.39, 0.29) is 24.0 Å². The molecule has 1 aromatic rings. The van der Waals surface area contributed by atoms with Crippen molar-refractivity contribution in [1.29, 1.82) is 0 Å². The van der Waals surface area contributed by atoms with Crippen LogP contribution in [0.2, 0.25) is 0 Å². The van der Waals surface area contributed by atoms with Gasteiger partial charge in [-0.05, 0) is 43.6 Å². The Morgan fingerprint density at radius 3 is 2.79 bits per heavy atom. The molecular formula is C19H32IN3O. The van der Waals surface area contributed by atoms with E-state index in [9.17, 15) is 0 Å². The van der Waals surface area contributed by atoms with Crippen LogP contribution in [0.5, 0.6) is 0 Å². The van der Waals surface area contributed by atoms with E-state index >= 15 is 0 Å². The van der Waals surface area contributed by atoms with Crippen LogP contribution in [0, 0.1) is 5.92 Å². The lowest BCUT2D eigenvalue weighted by atomic mass is 10.0. The number of unbranched alkanes of at least 4 members (excludes halogenated alkanes) is 1. The predicted molar refractivity (Wildman–Crippen MR) is 112 cm³/mol. The summed E-state index contributed by atoms with van der Waals surface area (Å²) >= 11 is 0. The van der Waals surface area contributed by atoms with Crippen molar-refractivity contribution in [1.82, 2.24) is 4.90 Å². The first-order chi connectivity index (χ1) is 11.3. The molecular weight excluding hydrogens is 413 g/mol. The molecule has 1 fully saturated rings. The molecule has 1 aliphatic rings. The number of benzene rings is 1. The third-order valence-electron chi connectivity index (χ3n) is 4.33. The van der Waals surface area contributed by atoms with Crippen molar-refractivity contribution >= 4 is 29.9 Å². The number of halogens is 1. The van der Waals surface area contributed by atoms with Gasteiger partial charge in [0.2, 0.25) is 0 Å². The molecule has 0 amide bonds.